The molecule has 100 valence electrons. The molecule has 0 aromatic heterocycles. The molecular formula is C16H19NO2. The van der Waals surface area contributed by atoms with Gasteiger partial charge in [0.2, 0.25) is 0 Å². The van der Waals surface area contributed by atoms with Crippen LogP contribution in [0.2, 0.25) is 0 Å². The minimum Gasteiger partial charge on any atom is -0.496 e. The largest absolute Gasteiger partial charge is 0.496 e. The van der Waals surface area contributed by atoms with Crippen molar-refractivity contribution in [1.29, 1.82) is 0 Å². The van der Waals surface area contributed by atoms with E-state index in [1.165, 1.54) is 0 Å². The van der Waals surface area contributed by atoms with Gasteiger partial charge >= 0.3 is 0 Å². The molecule has 2 aromatic carbocycles. The molecule has 0 radical (unpaired) electrons. The topological polar surface area (TPSA) is 55.5 Å². The van der Waals surface area contributed by atoms with Gasteiger partial charge in [-0.15, -0.1) is 0 Å². The first-order chi connectivity index (χ1) is 9.02. The molecule has 0 amide bonds. The monoisotopic (exact) mass is 257 g/mol. The van der Waals surface area contributed by atoms with E-state index in [9.17, 15) is 5.11 Å². The molecule has 2 aromatic rings. The Balaban J connectivity index is 2.41. The van der Waals surface area contributed by atoms with Crippen LogP contribution >= 0.6 is 0 Å². The Morgan fingerprint density at radius 2 is 1.68 bits per heavy atom. The van der Waals surface area contributed by atoms with Crippen molar-refractivity contribution < 1.29 is 9.84 Å². The quantitative estimate of drug-likeness (QED) is 0.831. The van der Waals surface area contributed by atoms with E-state index < -0.39 is 6.10 Å². The molecule has 0 aliphatic heterocycles. The second-order valence-corrected chi connectivity index (χ2v) is 4.75. The molecule has 1 atom stereocenters. The Bertz CT molecular complexity index is 576. The summed E-state index contributed by atoms with van der Waals surface area (Å²) >= 11 is 0. The third kappa shape index (κ3) is 2.71. The Morgan fingerprint density at radius 3 is 2.26 bits per heavy atom. The molecule has 2 rings (SSSR count). The normalized spacial score (nSPS) is 12.2. The van der Waals surface area contributed by atoms with Crippen LogP contribution in [0, 0.1) is 13.8 Å². The molecule has 3 N–H and O–H groups in total. The van der Waals surface area contributed by atoms with Crippen molar-refractivity contribution in [3.63, 3.8) is 0 Å². The number of aryl methyl sites for hydroxylation is 2. The third-order valence-corrected chi connectivity index (χ3v) is 3.33. The fourth-order valence-electron chi connectivity index (χ4n) is 2.18. The lowest BCUT2D eigenvalue weighted by Crippen LogP contribution is -2.03. The number of ether oxygens (including phenoxy) is 1. The maximum absolute atomic E-state index is 10.5. The summed E-state index contributed by atoms with van der Waals surface area (Å²) in [5.74, 6) is 0.839. The molecule has 0 aliphatic rings. The first-order valence-corrected chi connectivity index (χ1v) is 6.21. The van der Waals surface area contributed by atoms with E-state index >= 15 is 0 Å². The number of aliphatic hydroxyl groups excluding tert-OH is 1. The van der Waals surface area contributed by atoms with Crippen LogP contribution in [0.1, 0.15) is 28.4 Å². The number of benzene rings is 2. The van der Waals surface area contributed by atoms with Crippen molar-refractivity contribution in [3.8, 4) is 5.75 Å². The van der Waals surface area contributed by atoms with Crippen LogP contribution in [-0.2, 0) is 0 Å². The summed E-state index contributed by atoms with van der Waals surface area (Å²) in [5, 5.41) is 10.5. The number of hydrogen-bond donors (Lipinski definition) is 2. The molecule has 0 saturated carbocycles. The molecule has 0 heterocycles. The second-order valence-electron chi connectivity index (χ2n) is 4.75. The average molecular weight is 257 g/mol. The van der Waals surface area contributed by atoms with Crippen LogP contribution in [0.25, 0.3) is 0 Å². The first-order valence-electron chi connectivity index (χ1n) is 6.21. The van der Waals surface area contributed by atoms with Crippen LogP contribution in [0.15, 0.2) is 36.4 Å². The predicted octanol–water partition coefficient (Wildman–Crippen LogP) is 2.98. The van der Waals surface area contributed by atoms with Crippen molar-refractivity contribution in [1.82, 2.24) is 0 Å². The van der Waals surface area contributed by atoms with Crippen LogP contribution in [0.4, 0.5) is 5.69 Å². The van der Waals surface area contributed by atoms with Gasteiger partial charge in [-0.1, -0.05) is 12.1 Å². The zero-order valence-electron chi connectivity index (χ0n) is 11.5. The summed E-state index contributed by atoms with van der Waals surface area (Å²) in [6.45, 7) is 3.94. The number of rotatable bonds is 3. The lowest BCUT2D eigenvalue weighted by Gasteiger charge is -2.17. The maximum atomic E-state index is 10.5. The predicted molar refractivity (Wildman–Crippen MR) is 77.4 cm³/mol. The van der Waals surface area contributed by atoms with Crippen molar-refractivity contribution in [2.45, 2.75) is 20.0 Å². The van der Waals surface area contributed by atoms with Gasteiger partial charge in [0, 0.05) is 5.69 Å². The van der Waals surface area contributed by atoms with E-state index in [2.05, 4.69) is 0 Å². The molecule has 0 spiro atoms. The van der Waals surface area contributed by atoms with E-state index in [1.807, 2.05) is 38.1 Å². The number of methoxy groups -OCH3 is 1. The number of anilines is 1. The molecule has 0 aliphatic carbocycles. The fourth-order valence-corrected chi connectivity index (χ4v) is 2.18. The van der Waals surface area contributed by atoms with Gasteiger partial charge in [0.25, 0.3) is 0 Å². The van der Waals surface area contributed by atoms with Gasteiger partial charge in [-0.25, -0.2) is 0 Å². The minimum absolute atomic E-state index is 0.648. The molecule has 0 bridgehead atoms. The highest BCUT2D eigenvalue weighted by atomic mass is 16.5. The SMILES string of the molecule is COc1cc(C)c(C(O)c2ccc(N)cc2)cc1C. The summed E-state index contributed by atoms with van der Waals surface area (Å²) < 4.78 is 5.28. The lowest BCUT2D eigenvalue weighted by atomic mass is 9.95. The Labute approximate surface area is 113 Å². The first kappa shape index (κ1) is 13.4. The van der Waals surface area contributed by atoms with Crippen molar-refractivity contribution >= 4 is 5.69 Å². The van der Waals surface area contributed by atoms with Crippen molar-refractivity contribution in [3.05, 3.63) is 58.7 Å². The standard InChI is InChI=1S/C16H19NO2/c1-10-9-15(19-3)11(2)8-14(10)16(18)12-4-6-13(17)7-5-12/h4-9,16,18H,17H2,1-3H3. The maximum Gasteiger partial charge on any atom is 0.122 e. The van der Waals surface area contributed by atoms with Gasteiger partial charge < -0.3 is 15.6 Å². The fraction of sp³-hybridized carbons (Fsp3) is 0.250. The van der Waals surface area contributed by atoms with Gasteiger partial charge in [0.15, 0.2) is 0 Å². The van der Waals surface area contributed by atoms with Gasteiger partial charge in [-0.05, 0) is 60.4 Å². The molecule has 0 saturated heterocycles. The van der Waals surface area contributed by atoms with Crippen LogP contribution in [0.3, 0.4) is 0 Å². The van der Waals surface area contributed by atoms with E-state index in [-0.39, 0.29) is 0 Å². The van der Waals surface area contributed by atoms with Crippen LogP contribution in [-0.4, -0.2) is 12.2 Å². The third-order valence-electron chi connectivity index (χ3n) is 3.33. The van der Waals surface area contributed by atoms with E-state index in [0.29, 0.717) is 5.69 Å². The Kier molecular flexibility index (Phi) is 3.76. The average Bonchev–Trinajstić information content (AvgIpc) is 2.41. The Hall–Kier alpha value is -2.00. The second kappa shape index (κ2) is 5.33. The zero-order chi connectivity index (χ0) is 14.0. The summed E-state index contributed by atoms with van der Waals surface area (Å²) in [4.78, 5) is 0. The molecular weight excluding hydrogens is 238 g/mol. The van der Waals surface area contributed by atoms with E-state index in [0.717, 1.165) is 28.0 Å². The summed E-state index contributed by atoms with van der Waals surface area (Å²) in [5.41, 5.74) is 10.1. The van der Waals surface area contributed by atoms with Crippen LogP contribution < -0.4 is 10.5 Å². The van der Waals surface area contributed by atoms with E-state index in [4.69, 9.17) is 10.5 Å². The van der Waals surface area contributed by atoms with E-state index in [1.54, 1.807) is 19.2 Å². The molecule has 0 fully saturated rings. The number of nitrogen functional groups attached to an aromatic ring is 1. The van der Waals surface area contributed by atoms with Crippen molar-refractivity contribution in [2.24, 2.45) is 0 Å². The smallest absolute Gasteiger partial charge is 0.122 e. The molecule has 19 heavy (non-hydrogen) atoms. The highest BCUT2D eigenvalue weighted by Crippen LogP contribution is 2.30. The number of nitrogens with two attached hydrogens (primary N) is 1. The summed E-state index contributed by atoms with van der Waals surface area (Å²) in [6, 6.07) is 11.2. The zero-order valence-corrected chi connectivity index (χ0v) is 11.5. The number of aliphatic hydroxyl groups is 1. The minimum atomic E-state index is -0.648. The van der Waals surface area contributed by atoms with Crippen LogP contribution in [0.5, 0.6) is 5.75 Å². The number of hydrogen-bond acceptors (Lipinski definition) is 3. The molecule has 3 heteroatoms. The molecule has 3 nitrogen and oxygen atoms in total. The summed E-state index contributed by atoms with van der Waals surface area (Å²) in [6.07, 6.45) is -0.648. The summed E-state index contributed by atoms with van der Waals surface area (Å²) in [7, 11) is 1.65. The van der Waals surface area contributed by atoms with Gasteiger partial charge in [-0.2, -0.15) is 0 Å². The highest BCUT2D eigenvalue weighted by Gasteiger charge is 2.14. The highest BCUT2D eigenvalue weighted by molar-refractivity contribution is 5.47. The Morgan fingerprint density at radius 1 is 1.05 bits per heavy atom. The van der Waals surface area contributed by atoms with Gasteiger partial charge in [-0.3, -0.25) is 0 Å². The van der Waals surface area contributed by atoms with Gasteiger partial charge in [0.1, 0.15) is 11.9 Å². The van der Waals surface area contributed by atoms with Crippen molar-refractivity contribution in [2.75, 3.05) is 12.8 Å². The van der Waals surface area contributed by atoms with Gasteiger partial charge in [0.05, 0.1) is 7.11 Å². The lowest BCUT2D eigenvalue weighted by molar-refractivity contribution is 0.219. The molecule has 1 unspecified atom stereocenters.